The topological polar surface area (TPSA) is 51.4 Å². The van der Waals surface area contributed by atoms with E-state index in [1.165, 1.54) is 18.5 Å². The Kier molecular flexibility index (Phi) is 4.06. The van der Waals surface area contributed by atoms with Gasteiger partial charge in [-0.1, -0.05) is 18.2 Å². The molecule has 0 spiro atoms. The first-order valence-electron chi connectivity index (χ1n) is 7.35. The molecule has 1 fully saturated rings. The van der Waals surface area contributed by atoms with Gasteiger partial charge in [0.2, 0.25) is 5.88 Å². The van der Waals surface area contributed by atoms with Gasteiger partial charge in [-0.15, -0.1) is 0 Å². The highest BCUT2D eigenvalue weighted by molar-refractivity contribution is 5.50. The summed E-state index contributed by atoms with van der Waals surface area (Å²) in [4.78, 5) is 6.94. The van der Waals surface area contributed by atoms with E-state index in [2.05, 4.69) is 34.1 Å². The average Bonchev–Trinajstić information content (AvgIpc) is 3.38. The first-order valence-corrected chi connectivity index (χ1v) is 7.35. The summed E-state index contributed by atoms with van der Waals surface area (Å²) in [6, 6.07) is 15.0. The van der Waals surface area contributed by atoms with Crippen LogP contribution < -0.4 is 15.4 Å². The summed E-state index contributed by atoms with van der Waals surface area (Å²) in [7, 11) is 1.65. The van der Waals surface area contributed by atoms with E-state index < -0.39 is 0 Å². The zero-order valence-corrected chi connectivity index (χ0v) is 12.3. The molecule has 1 aromatic carbocycles. The number of aromatic nitrogens is 1. The number of pyridine rings is 1. The predicted octanol–water partition coefficient (Wildman–Crippen LogP) is 2.72. The Labute approximate surface area is 125 Å². The van der Waals surface area contributed by atoms with Gasteiger partial charge in [0.05, 0.1) is 19.3 Å². The fourth-order valence-corrected chi connectivity index (χ4v) is 2.47. The molecule has 3 rings (SSSR count). The van der Waals surface area contributed by atoms with Crippen molar-refractivity contribution in [3.05, 3.63) is 53.7 Å². The summed E-state index contributed by atoms with van der Waals surface area (Å²) in [5.41, 5.74) is 9.09. The van der Waals surface area contributed by atoms with E-state index in [1.54, 1.807) is 7.11 Å². The third-order valence-corrected chi connectivity index (χ3v) is 3.81. The van der Waals surface area contributed by atoms with E-state index >= 15 is 0 Å². The molecular weight excluding hydrogens is 262 g/mol. The number of hydrogen-bond acceptors (Lipinski definition) is 4. The van der Waals surface area contributed by atoms with E-state index in [9.17, 15) is 0 Å². The van der Waals surface area contributed by atoms with E-state index in [0.29, 0.717) is 18.5 Å². The Morgan fingerprint density at radius 3 is 2.57 bits per heavy atom. The Bertz CT molecular complexity index is 593. The van der Waals surface area contributed by atoms with Crippen LogP contribution in [0.25, 0.3) is 0 Å². The molecule has 1 aromatic heterocycles. The van der Waals surface area contributed by atoms with Crippen LogP contribution in [0.15, 0.2) is 42.5 Å². The number of hydrogen-bond donors (Lipinski definition) is 1. The van der Waals surface area contributed by atoms with Gasteiger partial charge in [-0.3, -0.25) is 0 Å². The van der Waals surface area contributed by atoms with E-state index in [-0.39, 0.29) is 0 Å². The van der Waals surface area contributed by atoms with Crippen molar-refractivity contribution < 1.29 is 4.74 Å². The van der Waals surface area contributed by atoms with Crippen molar-refractivity contribution >= 4 is 5.69 Å². The van der Waals surface area contributed by atoms with Crippen LogP contribution >= 0.6 is 0 Å². The molecule has 0 radical (unpaired) electrons. The van der Waals surface area contributed by atoms with E-state index in [0.717, 1.165) is 17.8 Å². The highest BCUT2D eigenvalue weighted by Gasteiger charge is 2.29. The summed E-state index contributed by atoms with van der Waals surface area (Å²) < 4.78 is 5.20. The molecule has 110 valence electrons. The minimum absolute atomic E-state index is 0.584. The van der Waals surface area contributed by atoms with Gasteiger partial charge in [0.25, 0.3) is 0 Å². The standard InChI is InChI=1S/C17H21N3O/c1-21-17-4-2-3-14(19-17)12-20(16-9-10-16)15-7-5-13(11-18)6-8-15/h2-8,16H,9-12,18H2,1H3. The smallest absolute Gasteiger partial charge is 0.213 e. The van der Waals surface area contributed by atoms with Gasteiger partial charge in [0.15, 0.2) is 0 Å². The molecule has 0 saturated heterocycles. The van der Waals surface area contributed by atoms with Gasteiger partial charge < -0.3 is 15.4 Å². The number of anilines is 1. The molecule has 1 aliphatic rings. The lowest BCUT2D eigenvalue weighted by molar-refractivity contribution is 0.396. The molecular formula is C17H21N3O. The molecule has 0 bridgehead atoms. The largest absolute Gasteiger partial charge is 0.481 e. The summed E-state index contributed by atoms with van der Waals surface area (Å²) in [6.45, 7) is 1.39. The molecule has 4 nitrogen and oxygen atoms in total. The molecule has 4 heteroatoms. The van der Waals surface area contributed by atoms with Crippen molar-refractivity contribution in [2.75, 3.05) is 12.0 Å². The highest BCUT2D eigenvalue weighted by Crippen LogP contribution is 2.33. The SMILES string of the molecule is COc1cccc(CN(c2ccc(CN)cc2)C2CC2)n1. The Balaban J connectivity index is 1.80. The maximum atomic E-state index is 5.67. The number of methoxy groups -OCH3 is 1. The molecule has 0 atom stereocenters. The fourth-order valence-electron chi connectivity index (χ4n) is 2.47. The molecule has 1 aliphatic carbocycles. The van der Waals surface area contributed by atoms with Crippen LogP contribution in [0.5, 0.6) is 5.88 Å². The zero-order valence-electron chi connectivity index (χ0n) is 12.3. The van der Waals surface area contributed by atoms with Crippen LogP contribution in [0.4, 0.5) is 5.69 Å². The fraction of sp³-hybridized carbons (Fsp3) is 0.353. The molecule has 1 heterocycles. The molecule has 21 heavy (non-hydrogen) atoms. The van der Waals surface area contributed by atoms with Crippen molar-refractivity contribution in [1.82, 2.24) is 4.98 Å². The minimum Gasteiger partial charge on any atom is -0.481 e. The highest BCUT2D eigenvalue weighted by atomic mass is 16.5. The Hall–Kier alpha value is -2.07. The molecule has 0 aliphatic heterocycles. The maximum absolute atomic E-state index is 5.67. The molecule has 0 amide bonds. The predicted molar refractivity (Wildman–Crippen MR) is 84.3 cm³/mol. The Morgan fingerprint density at radius 2 is 1.95 bits per heavy atom. The van der Waals surface area contributed by atoms with Crippen molar-refractivity contribution in [2.45, 2.75) is 32.0 Å². The van der Waals surface area contributed by atoms with Crippen LogP contribution in [0.3, 0.4) is 0 Å². The average molecular weight is 283 g/mol. The van der Waals surface area contributed by atoms with E-state index in [1.807, 2.05) is 18.2 Å². The number of ether oxygens (including phenoxy) is 1. The Morgan fingerprint density at radius 1 is 1.19 bits per heavy atom. The van der Waals surface area contributed by atoms with Gasteiger partial charge in [0, 0.05) is 24.3 Å². The first kappa shape index (κ1) is 13.9. The van der Waals surface area contributed by atoms with Gasteiger partial charge in [0.1, 0.15) is 0 Å². The van der Waals surface area contributed by atoms with E-state index in [4.69, 9.17) is 10.5 Å². The van der Waals surface area contributed by atoms with Gasteiger partial charge in [-0.05, 0) is 36.6 Å². The van der Waals surface area contributed by atoms with Gasteiger partial charge in [-0.25, -0.2) is 4.98 Å². The number of nitrogens with zero attached hydrogens (tertiary/aromatic N) is 2. The van der Waals surface area contributed by atoms with Crippen LogP contribution in [-0.2, 0) is 13.1 Å². The number of rotatable bonds is 6. The van der Waals surface area contributed by atoms with Crippen molar-refractivity contribution in [3.8, 4) is 5.88 Å². The van der Waals surface area contributed by atoms with Gasteiger partial charge in [-0.2, -0.15) is 0 Å². The molecule has 1 saturated carbocycles. The van der Waals surface area contributed by atoms with Crippen LogP contribution in [0.2, 0.25) is 0 Å². The summed E-state index contributed by atoms with van der Waals surface area (Å²) in [5, 5.41) is 0. The van der Waals surface area contributed by atoms with Crippen molar-refractivity contribution in [1.29, 1.82) is 0 Å². The molecule has 2 aromatic rings. The maximum Gasteiger partial charge on any atom is 0.213 e. The third kappa shape index (κ3) is 3.34. The summed E-state index contributed by atoms with van der Waals surface area (Å²) >= 11 is 0. The molecule has 2 N–H and O–H groups in total. The zero-order chi connectivity index (χ0) is 14.7. The van der Waals surface area contributed by atoms with Crippen molar-refractivity contribution in [2.24, 2.45) is 5.73 Å². The number of nitrogens with two attached hydrogens (primary N) is 1. The lowest BCUT2D eigenvalue weighted by atomic mass is 10.2. The third-order valence-electron chi connectivity index (χ3n) is 3.81. The second kappa shape index (κ2) is 6.14. The first-order chi connectivity index (χ1) is 10.3. The van der Waals surface area contributed by atoms with Crippen LogP contribution in [-0.4, -0.2) is 18.1 Å². The van der Waals surface area contributed by atoms with Gasteiger partial charge >= 0.3 is 0 Å². The monoisotopic (exact) mass is 283 g/mol. The molecule has 0 unspecified atom stereocenters. The van der Waals surface area contributed by atoms with Crippen LogP contribution in [0.1, 0.15) is 24.1 Å². The second-order valence-corrected chi connectivity index (χ2v) is 5.40. The van der Waals surface area contributed by atoms with Crippen LogP contribution in [0, 0.1) is 0 Å². The summed E-state index contributed by atoms with van der Waals surface area (Å²) in [6.07, 6.45) is 2.51. The lowest BCUT2D eigenvalue weighted by Gasteiger charge is -2.24. The minimum atomic E-state index is 0.584. The summed E-state index contributed by atoms with van der Waals surface area (Å²) in [5.74, 6) is 0.668. The lowest BCUT2D eigenvalue weighted by Crippen LogP contribution is -2.25. The number of benzene rings is 1. The quantitative estimate of drug-likeness (QED) is 0.885. The van der Waals surface area contributed by atoms with Crippen molar-refractivity contribution in [3.63, 3.8) is 0 Å². The normalized spacial score (nSPS) is 14.0. The second-order valence-electron chi connectivity index (χ2n) is 5.40.